The van der Waals surface area contributed by atoms with Crippen molar-refractivity contribution < 1.29 is 22.7 Å². The van der Waals surface area contributed by atoms with Crippen LogP contribution in [-0.2, 0) is 24.2 Å². The lowest BCUT2D eigenvalue weighted by molar-refractivity contribution is -0.141. The highest BCUT2D eigenvalue weighted by Gasteiger charge is 2.29. The van der Waals surface area contributed by atoms with E-state index in [9.17, 15) is 18.0 Å². The zero-order chi connectivity index (χ0) is 12.2. The van der Waals surface area contributed by atoms with E-state index in [1.807, 2.05) is 0 Å². The molecule has 0 aromatic heterocycles. The van der Waals surface area contributed by atoms with Gasteiger partial charge in [-0.25, -0.2) is 13.2 Å². The molecule has 1 fully saturated rings. The van der Waals surface area contributed by atoms with Crippen molar-refractivity contribution >= 4 is 21.7 Å². The third kappa shape index (κ3) is 3.80. The standard InChI is InChI=1S/C9H15NO5S/c1-2-5-16(13,14)6-8(11)10-7-3-4-15-9(7)12/h7H,2-6H2,1H3,(H,10,11)/t7-/m0/s1. The number of carbonyl (C=O) groups excluding carboxylic acids is 2. The number of hydrogen-bond donors (Lipinski definition) is 1. The zero-order valence-electron chi connectivity index (χ0n) is 9.06. The molecule has 1 aliphatic heterocycles. The first-order valence-corrected chi connectivity index (χ1v) is 6.93. The Morgan fingerprint density at radius 2 is 2.25 bits per heavy atom. The van der Waals surface area contributed by atoms with Crippen molar-refractivity contribution in [1.82, 2.24) is 5.32 Å². The van der Waals surface area contributed by atoms with Crippen molar-refractivity contribution in [2.75, 3.05) is 18.1 Å². The van der Waals surface area contributed by atoms with Crippen LogP contribution in [0.4, 0.5) is 0 Å². The van der Waals surface area contributed by atoms with Crippen LogP contribution in [0.25, 0.3) is 0 Å². The molecule has 7 heteroatoms. The topological polar surface area (TPSA) is 89.5 Å². The van der Waals surface area contributed by atoms with Gasteiger partial charge in [-0.15, -0.1) is 0 Å². The number of rotatable bonds is 5. The summed E-state index contributed by atoms with van der Waals surface area (Å²) in [6.07, 6.45) is 0.874. The molecule has 1 saturated heterocycles. The minimum Gasteiger partial charge on any atom is -0.464 e. The van der Waals surface area contributed by atoms with Gasteiger partial charge in [-0.2, -0.15) is 0 Å². The lowest BCUT2D eigenvalue weighted by Gasteiger charge is -2.08. The van der Waals surface area contributed by atoms with Gasteiger partial charge >= 0.3 is 5.97 Å². The predicted octanol–water partition coefficient (Wildman–Crippen LogP) is -0.757. The largest absolute Gasteiger partial charge is 0.464 e. The molecule has 16 heavy (non-hydrogen) atoms. The third-order valence-electron chi connectivity index (χ3n) is 2.14. The van der Waals surface area contributed by atoms with Gasteiger partial charge in [0.2, 0.25) is 5.91 Å². The van der Waals surface area contributed by atoms with Gasteiger partial charge in [-0.3, -0.25) is 4.79 Å². The van der Waals surface area contributed by atoms with Gasteiger partial charge in [-0.05, 0) is 6.42 Å². The minimum atomic E-state index is -3.35. The van der Waals surface area contributed by atoms with Crippen LogP contribution >= 0.6 is 0 Å². The van der Waals surface area contributed by atoms with Crippen LogP contribution in [0.3, 0.4) is 0 Å². The Morgan fingerprint density at radius 1 is 1.56 bits per heavy atom. The molecule has 1 N–H and O–H groups in total. The molecule has 0 saturated carbocycles. The van der Waals surface area contributed by atoms with Gasteiger partial charge in [0.25, 0.3) is 0 Å². The normalized spacial score (nSPS) is 20.6. The molecular formula is C9H15NO5S. The van der Waals surface area contributed by atoms with Crippen molar-refractivity contribution in [3.63, 3.8) is 0 Å². The molecule has 1 amide bonds. The maximum absolute atomic E-state index is 11.3. The molecule has 6 nitrogen and oxygen atoms in total. The first-order valence-electron chi connectivity index (χ1n) is 5.11. The number of sulfone groups is 1. The minimum absolute atomic E-state index is 0.0183. The summed E-state index contributed by atoms with van der Waals surface area (Å²) in [5.41, 5.74) is 0. The van der Waals surface area contributed by atoms with E-state index in [0.29, 0.717) is 12.8 Å². The molecule has 0 bridgehead atoms. The van der Waals surface area contributed by atoms with Gasteiger partial charge in [0.05, 0.1) is 12.4 Å². The van der Waals surface area contributed by atoms with Crippen molar-refractivity contribution in [1.29, 1.82) is 0 Å². The Morgan fingerprint density at radius 3 is 2.75 bits per heavy atom. The molecule has 1 rings (SSSR count). The summed E-state index contributed by atoms with van der Waals surface area (Å²) < 4.78 is 27.3. The maximum Gasteiger partial charge on any atom is 0.328 e. The smallest absolute Gasteiger partial charge is 0.328 e. The number of amides is 1. The van der Waals surface area contributed by atoms with E-state index in [2.05, 4.69) is 10.1 Å². The summed E-state index contributed by atoms with van der Waals surface area (Å²) in [6.45, 7) is 2.00. The van der Waals surface area contributed by atoms with Crippen LogP contribution < -0.4 is 5.32 Å². The molecule has 1 aliphatic rings. The Bertz CT molecular complexity index is 375. The summed E-state index contributed by atoms with van der Waals surface area (Å²) in [6, 6.07) is -0.690. The van der Waals surface area contributed by atoms with Gasteiger partial charge in [0.15, 0.2) is 9.84 Å². The fourth-order valence-corrected chi connectivity index (χ4v) is 2.69. The summed E-state index contributed by atoms with van der Waals surface area (Å²) in [5, 5.41) is 2.35. The molecule has 1 heterocycles. The molecule has 0 aromatic carbocycles. The number of esters is 1. The van der Waals surface area contributed by atoms with Gasteiger partial charge in [0.1, 0.15) is 11.8 Å². The molecule has 92 valence electrons. The number of hydrogen-bond acceptors (Lipinski definition) is 5. The average molecular weight is 249 g/mol. The van der Waals surface area contributed by atoms with E-state index in [4.69, 9.17) is 0 Å². The fourth-order valence-electron chi connectivity index (χ4n) is 1.45. The molecule has 0 unspecified atom stereocenters. The highest BCUT2D eigenvalue weighted by Crippen LogP contribution is 2.05. The number of carbonyl (C=O) groups is 2. The second kappa shape index (κ2) is 5.29. The highest BCUT2D eigenvalue weighted by molar-refractivity contribution is 7.92. The Kier molecular flexibility index (Phi) is 4.28. The maximum atomic E-state index is 11.3. The second-order valence-corrected chi connectivity index (χ2v) is 5.85. The van der Waals surface area contributed by atoms with E-state index in [-0.39, 0.29) is 12.4 Å². The van der Waals surface area contributed by atoms with Gasteiger partial charge in [0, 0.05) is 6.42 Å². The van der Waals surface area contributed by atoms with E-state index in [1.54, 1.807) is 6.92 Å². The summed E-state index contributed by atoms with van der Waals surface area (Å²) >= 11 is 0. The van der Waals surface area contributed by atoms with Crippen LogP contribution in [0.15, 0.2) is 0 Å². The van der Waals surface area contributed by atoms with E-state index < -0.39 is 33.5 Å². The summed E-state index contributed by atoms with van der Waals surface area (Å²) in [5.74, 6) is -1.72. The van der Waals surface area contributed by atoms with Crippen LogP contribution in [0.1, 0.15) is 19.8 Å². The van der Waals surface area contributed by atoms with Crippen molar-refractivity contribution in [3.8, 4) is 0 Å². The first kappa shape index (κ1) is 13.0. The van der Waals surface area contributed by atoms with E-state index >= 15 is 0 Å². The van der Waals surface area contributed by atoms with Gasteiger partial charge in [-0.1, -0.05) is 6.92 Å². The predicted molar refractivity (Wildman–Crippen MR) is 56.5 cm³/mol. The van der Waals surface area contributed by atoms with E-state index in [1.165, 1.54) is 0 Å². The van der Waals surface area contributed by atoms with Crippen LogP contribution in [0.2, 0.25) is 0 Å². The Labute approximate surface area is 94.3 Å². The number of nitrogens with one attached hydrogen (secondary N) is 1. The Balaban J connectivity index is 2.44. The highest BCUT2D eigenvalue weighted by atomic mass is 32.2. The summed E-state index contributed by atoms with van der Waals surface area (Å²) in [7, 11) is -3.35. The van der Waals surface area contributed by atoms with Crippen LogP contribution in [0, 0.1) is 0 Å². The monoisotopic (exact) mass is 249 g/mol. The lowest BCUT2D eigenvalue weighted by atomic mass is 10.2. The van der Waals surface area contributed by atoms with Crippen molar-refractivity contribution in [2.45, 2.75) is 25.8 Å². The zero-order valence-corrected chi connectivity index (χ0v) is 9.88. The van der Waals surface area contributed by atoms with Crippen LogP contribution in [0.5, 0.6) is 0 Å². The lowest BCUT2D eigenvalue weighted by Crippen LogP contribution is -2.41. The fraction of sp³-hybridized carbons (Fsp3) is 0.778. The molecular weight excluding hydrogens is 234 g/mol. The SMILES string of the molecule is CCCS(=O)(=O)CC(=O)N[C@H]1CCOC1=O. The molecule has 0 spiro atoms. The molecule has 1 atom stereocenters. The van der Waals surface area contributed by atoms with Crippen LogP contribution in [-0.4, -0.2) is 44.4 Å². The molecule has 0 aliphatic carbocycles. The number of ether oxygens (including phenoxy) is 1. The summed E-state index contributed by atoms with van der Waals surface area (Å²) in [4.78, 5) is 22.4. The van der Waals surface area contributed by atoms with E-state index in [0.717, 1.165) is 0 Å². The Hall–Kier alpha value is -1.11. The average Bonchev–Trinajstić information content (AvgIpc) is 2.50. The van der Waals surface area contributed by atoms with Crippen molar-refractivity contribution in [2.24, 2.45) is 0 Å². The quantitative estimate of drug-likeness (QED) is 0.647. The third-order valence-corrected chi connectivity index (χ3v) is 3.87. The second-order valence-electron chi connectivity index (χ2n) is 3.67. The molecule has 0 radical (unpaired) electrons. The van der Waals surface area contributed by atoms with Crippen molar-refractivity contribution in [3.05, 3.63) is 0 Å². The number of cyclic esters (lactones) is 1. The first-order chi connectivity index (χ1) is 7.44. The molecule has 0 aromatic rings. The van der Waals surface area contributed by atoms with Gasteiger partial charge < -0.3 is 10.1 Å².